The van der Waals surface area contributed by atoms with Crippen molar-refractivity contribution < 1.29 is 9.84 Å². The number of rotatable bonds is 9. The molecule has 0 amide bonds. The van der Waals surface area contributed by atoms with Gasteiger partial charge in [0, 0.05) is 19.1 Å². The van der Waals surface area contributed by atoms with Gasteiger partial charge in [0.15, 0.2) is 0 Å². The third-order valence-corrected chi connectivity index (χ3v) is 7.13. The summed E-state index contributed by atoms with van der Waals surface area (Å²) in [4.78, 5) is 2.47. The fourth-order valence-corrected chi connectivity index (χ4v) is 5.26. The number of aryl methyl sites for hydroxylation is 1. The summed E-state index contributed by atoms with van der Waals surface area (Å²) in [5.41, 5.74) is 6.71. The Bertz CT molecular complexity index is 1210. The van der Waals surface area contributed by atoms with Crippen molar-refractivity contribution in [1.82, 2.24) is 4.90 Å². The highest BCUT2D eigenvalue weighted by Gasteiger charge is 2.25. The van der Waals surface area contributed by atoms with Gasteiger partial charge in [-0.05, 0) is 65.6 Å². The molecule has 0 aliphatic heterocycles. The molecule has 4 aromatic rings. The lowest BCUT2D eigenvalue weighted by atomic mass is 9.95. The first kappa shape index (κ1) is 24.3. The average molecular weight is 478 g/mol. The lowest BCUT2D eigenvalue weighted by Gasteiger charge is -2.33. The number of aliphatic hydroxyl groups excluding tert-OH is 1. The molecular weight excluding hydrogens is 442 g/mol. The molecule has 0 saturated heterocycles. The molecule has 36 heavy (non-hydrogen) atoms. The van der Waals surface area contributed by atoms with E-state index in [2.05, 4.69) is 83.8 Å². The third kappa shape index (κ3) is 6.42. The Hall–Kier alpha value is -3.40. The van der Waals surface area contributed by atoms with Crippen LogP contribution in [0.15, 0.2) is 109 Å². The Morgan fingerprint density at radius 3 is 2.22 bits per heavy atom. The summed E-state index contributed by atoms with van der Waals surface area (Å²) in [6.07, 6.45) is 3.82. The van der Waals surface area contributed by atoms with E-state index in [9.17, 15) is 5.11 Å². The summed E-state index contributed by atoms with van der Waals surface area (Å²) in [6.45, 7) is 1.69. The van der Waals surface area contributed by atoms with Crippen molar-refractivity contribution in [3.05, 3.63) is 126 Å². The molecule has 0 bridgehead atoms. The molecule has 2 unspecified atom stereocenters. The van der Waals surface area contributed by atoms with E-state index in [1.54, 1.807) is 0 Å². The molecule has 0 radical (unpaired) electrons. The molecule has 184 valence electrons. The minimum atomic E-state index is -0.563. The van der Waals surface area contributed by atoms with E-state index in [4.69, 9.17) is 4.74 Å². The Labute approximate surface area is 215 Å². The van der Waals surface area contributed by atoms with Crippen LogP contribution < -0.4 is 4.74 Å². The van der Waals surface area contributed by atoms with E-state index in [0.717, 1.165) is 38.0 Å². The number of benzene rings is 4. The molecule has 0 saturated carbocycles. The molecule has 0 heterocycles. The minimum Gasteiger partial charge on any atom is -0.491 e. The lowest BCUT2D eigenvalue weighted by molar-refractivity contribution is 0.0463. The molecule has 4 aromatic carbocycles. The van der Waals surface area contributed by atoms with Crippen LogP contribution in [-0.2, 0) is 19.4 Å². The largest absolute Gasteiger partial charge is 0.491 e. The summed E-state index contributed by atoms with van der Waals surface area (Å²) >= 11 is 0. The van der Waals surface area contributed by atoms with Crippen molar-refractivity contribution in [2.75, 3.05) is 13.2 Å². The normalized spacial score (nSPS) is 16.2. The second kappa shape index (κ2) is 12.0. The molecule has 1 aliphatic carbocycles. The van der Waals surface area contributed by atoms with Gasteiger partial charge in [0.05, 0.1) is 0 Å². The van der Waals surface area contributed by atoms with Crippen molar-refractivity contribution in [3.8, 4) is 16.9 Å². The van der Waals surface area contributed by atoms with Crippen LogP contribution in [0.3, 0.4) is 0 Å². The van der Waals surface area contributed by atoms with E-state index in [1.807, 2.05) is 30.3 Å². The summed E-state index contributed by atoms with van der Waals surface area (Å²) < 4.78 is 5.88. The monoisotopic (exact) mass is 477 g/mol. The first-order chi connectivity index (χ1) is 17.7. The molecule has 0 spiro atoms. The summed E-state index contributed by atoms with van der Waals surface area (Å²) in [7, 11) is 0. The maximum Gasteiger partial charge on any atom is 0.119 e. The molecule has 1 N–H and O–H groups in total. The van der Waals surface area contributed by atoms with Gasteiger partial charge in [-0.1, -0.05) is 97.1 Å². The van der Waals surface area contributed by atoms with Gasteiger partial charge in [-0.3, -0.25) is 4.90 Å². The number of fused-ring (bicyclic) bond motifs is 1. The second-order valence-electron chi connectivity index (χ2n) is 9.79. The maximum absolute atomic E-state index is 11.0. The fourth-order valence-electron chi connectivity index (χ4n) is 5.26. The van der Waals surface area contributed by atoms with Crippen LogP contribution in [0.4, 0.5) is 0 Å². The number of ether oxygens (including phenoxy) is 1. The quantitative estimate of drug-likeness (QED) is 0.278. The van der Waals surface area contributed by atoms with Crippen molar-refractivity contribution in [2.24, 2.45) is 0 Å². The average Bonchev–Trinajstić information content (AvgIpc) is 3.15. The van der Waals surface area contributed by atoms with E-state index in [-0.39, 0.29) is 6.61 Å². The van der Waals surface area contributed by atoms with Gasteiger partial charge in [0.25, 0.3) is 0 Å². The predicted octanol–water partition coefficient (Wildman–Crippen LogP) is 6.54. The highest BCUT2D eigenvalue weighted by molar-refractivity contribution is 5.65. The standard InChI is InChI=1S/C33H35NO2/c35-32(25-36-33-17-8-3-9-18-33)24-34(23-26-11-4-1-5-12-26)31-16-10-15-28-19-20-29(21-30(28)22-31)27-13-6-2-7-14-27/h1-9,11-14,17-21,31-32,35H,10,15-16,22-25H2. The Morgan fingerprint density at radius 1 is 0.778 bits per heavy atom. The number of aliphatic hydroxyl groups is 1. The molecule has 1 aliphatic rings. The van der Waals surface area contributed by atoms with E-state index in [0.29, 0.717) is 12.6 Å². The summed E-state index contributed by atoms with van der Waals surface area (Å²) in [6, 6.07) is 38.3. The highest BCUT2D eigenvalue weighted by atomic mass is 16.5. The fraction of sp³-hybridized carbons (Fsp3) is 0.273. The van der Waals surface area contributed by atoms with Crippen LogP contribution in [-0.4, -0.2) is 35.3 Å². The number of hydrogen-bond acceptors (Lipinski definition) is 3. The van der Waals surface area contributed by atoms with Crippen molar-refractivity contribution in [2.45, 2.75) is 44.4 Å². The van der Waals surface area contributed by atoms with Crippen molar-refractivity contribution >= 4 is 0 Å². The Kier molecular flexibility index (Phi) is 8.12. The van der Waals surface area contributed by atoms with Crippen LogP contribution in [0, 0.1) is 0 Å². The van der Waals surface area contributed by atoms with E-state index in [1.165, 1.54) is 27.8 Å². The second-order valence-corrected chi connectivity index (χ2v) is 9.79. The Balaban J connectivity index is 1.34. The molecule has 3 heteroatoms. The predicted molar refractivity (Wildman–Crippen MR) is 147 cm³/mol. The zero-order valence-corrected chi connectivity index (χ0v) is 20.8. The molecule has 0 fully saturated rings. The first-order valence-corrected chi connectivity index (χ1v) is 13.1. The summed E-state index contributed by atoms with van der Waals surface area (Å²) in [5, 5.41) is 11.0. The van der Waals surface area contributed by atoms with Gasteiger partial charge < -0.3 is 9.84 Å². The van der Waals surface area contributed by atoms with E-state index >= 15 is 0 Å². The SMILES string of the molecule is OC(COc1ccccc1)CN(Cc1ccccc1)C1CCCc2ccc(-c3ccccc3)cc2C1. The van der Waals surface area contributed by atoms with Gasteiger partial charge in [0.1, 0.15) is 18.5 Å². The van der Waals surface area contributed by atoms with E-state index < -0.39 is 6.10 Å². The zero-order chi connectivity index (χ0) is 24.6. The van der Waals surface area contributed by atoms with Crippen LogP contribution in [0.1, 0.15) is 29.5 Å². The van der Waals surface area contributed by atoms with Gasteiger partial charge in [-0.15, -0.1) is 0 Å². The smallest absolute Gasteiger partial charge is 0.119 e. The number of hydrogen-bond donors (Lipinski definition) is 1. The topological polar surface area (TPSA) is 32.7 Å². The highest BCUT2D eigenvalue weighted by Crippen LogP contribution is 2.29. The van der Waals surface area contributed by atoms with Crippen LogP contribution >= 0.6 is 0 Å². The van der Waals surface area contributed by atoms with Crippen LogP contribution in [0.2, 0.25) is 0 Å². The Morgan fingerprint density at radius 2 is 1.47 bits per heavy atom. The molecule has 3 nitrogen and oxygen atoms in total. The molecule has 2 atom stereocenters. The number of nitrogens with zero attached hydrogens (tertiary/aromatic N) is 1. The van der Waals surface area contributed by atoms with Gasteiger partial charge in [-0.2, -0.15) is 0 Å². The van der Waals surface area contributed by atoms with Gasteiger partial charge in [0.2, 0.25) is 0 Å². The minimum absolute atomic E-state index is 0.288. The maximum atomic E-state index is 11.0. The van der Waals surface area contributed by atoms with Crippen LogP contribution in [0.5, 0.6) is 5.75 Å². The van der Waals surface area contributed by atoms with Crippen molar-refractivity contribution in [1.29, 1.82) is 0 Å². The third-order valence-electron chi connectivity index (χ3n) is 7.13. The number of para-hydroxylation sites is 1. The molecule has 5 rings (SSSR count). The summed E-state index contributed by atoms with van der Waals surface area (Å²) in [5.74, 6) is 0.794. The molecular formula is C33H35NO2. The van der Waals surface area contributed by atoms with Gasteiger partial charge >= 0.3 is 0 Å². The van der Waals surface area contributed by atoms with Crippen LogP contribution in [0.25, 0.3) is 11.1 Å². The lowest BCUT2D eigenvalue weighted by Crippen LogP contribution is -2.42. The first-order valence-electron chi connectivity index (χ1n) is 13.1. The zero-order valence-electron chi connectivity index (χ0n) is 20.8. The van der Waals surface area contributed by atoms with Gasteiger partial charge in [-0.25, -0.2) is 0 Å². The molecule has 0 aromatic heterocycles. The van der Waals surface area contributed by atoms with Crippen molar-refractivity contribution in [3.63, 3.8) is 0 Å².